The average molecular weight is 567 g/mol. The van der Waals surface area contributed by atoms with E-state index in [2.05, 4.69) is 15.2 Å². The smallest absolute Gasteiger partial charge is 0.323 e. The maximum atomic E-state index is 13.0. The first kappa shape index (κ1) is 27.5. The summed E-state index contributed by atoms with van der Waals surface area (Å²) in [7, 11) is -4.31. The van der Waals surface area contributed by atoms with E-state index in [0.717, 1.165) is 42.1 Å². The normalized spacial score (nSPS) is 19.0. The fourth-order valence-electron chi connectivity index (χ4n) is 4.61. The lowest BCUT2D eigenvalue weighted by Gasteiger charge is -2.36. The highest BCUT2D eigenvalue weighted by atomic mass is 32.2. The van der Waals surface area contributed by atoms with Gasteiger partial charge in [-0.15, -0.1) is 0 Å². The van der Waals surface area contributed by atoms with Crippen LogP contribution in [0, 0.1) is 4.78 Å². The van der Waals surface area contributed by atoms with Crippen LogP contribution in [0.3, 0.4) is 0 Å². The van der Waals surface area contributed by atoms with Gasteiger partial charge in [0.05, 0.1) is 46.2 Å². The molecule has 0 saturated carbocycles. The zero-order valence-electron chi connectivity index (χ0n) is 21.9. The van der Waals surface area contributed by atoms with Gasteiger partial charge in [-0.05, 0) is 62.4 Å². The third-order valence-corrected chi connectivity index (χ3v) is 7.95. The Kier molecular flexibility index (Phi) is 7.72. The molecule has 1 aliphatic rings. The Morgan fingerprint density at radius 3 is 2.55 bits per heavy atom. The topological polar surface area (TPSA) is 121 Å². The second kappa shape index (κ2) is 11.2. The van der Waals surface area contributed by atoms with Gasteiger partial charge in [-0.25, -0.2) is 19.0 Å². The molecule has 12 heteroatoms. The molecule has 1 aliphatic heterocycles. The van der Waals surface area contributed by atoms with Crippen LogP contribution in [0.5, 0.6) is 0 Å². The molecule has 0 bridgehead atoms. The molecule has 0 unspecified atom stereocenters. The number of hydrogen-bond donors (Lipinski definition) is 2. The van der Waals surface area contributed by atoms with Crippen LogP contribution in [-0.2, 0) is 21.0 Å². The van der Waals surface area contributed by atoms with Crippen LogP contribution in [0.1, 0.15) is 29.9 Å². The van der Waals surface area contributed by atoms with Gasteiger partial charge in [0.1, 0.15) is 15.5 Å². The van der Waals surface area contributed by atoms with Crippen molar-refractivity contribution < 1.29 is 22.5 Å². The molecule has 0 radical (unpaired) electrons. The van der Waals surface area contributed by atoms with Crippen molar-refractivity contribution in [3.63, 3.8) is 0 Å². The Balaban J connectivity index is 1.33. The van der Waals surface area contributed by atoms with Crippen molar-refractivity contribution in [2.75, 3.05) is 18.0 Å². The summed E-state index contributed by atoms with van der Waals surface area (Å²) in [6, 6.07) is 16.3. The number of ether oxygens (including phenoxy) is 1. The Labute approximate surface area is 230 Å². The lowest BCUT2D eigenvalue weighted by atomic mass is 10.1. The molecule has 1 aromatic carbocycles. The predicted octanol–water partition coefficient (Wildman–Crippen LogP) is 4.86. The monoisotopic (exact) mass is 566 g/mol. The molecule has 0 spiro atoms. The third-order valence-electron chi connectivity index (χ3n) is 6.50. The summed E-state index contributed by atoms with van der Waals surface area (Å²) < 4.78 is 51.3. The quantitative estimate of drug-likeness (QED) is 0.328. The van der Waals surface area contributed by atoms with Gasteiger partial charge in [-0.1, -0.05) is 12.1 Å². The van der Waals surface area contributed by atoms with E-state index in [-0.39, 0.29) is 24.3 Å². The molecule has 1 amide bonds. The minimum absolute atomic E-state index is 0.0225. The van der Waals surface area contributed by atoms with E-state index in [1.807, 2.05) is 44.2 Å². The summed E-state index contributed by atoms with van der Waals surface area (Å²) in [6.45, 7) is 5.66. The molecule has 3 aromatic heterocycles. The van der Waals surface area contributed by atoms with Crippen molar-refractivity contribution in [2.45, 2.75) is 43.3 Å². The number of amides is 1. The molecule has 208 valence electrons. The summed E-state index contributed by atoms with van der Waals surface area (Å²) in [6.07, 6.45) is 1.88. The van der Waals surface area contributed by atoms with Crippen LogP contribution >= 0.6 is 0 Å². The zero-order chi connectivity index (χ0) is 28.4. The predicted molar refractivity (Wildman–Crippen MR) is 148 cm³/mol. The minimum atomic E-state index is -4.31. The van der Waals surface area contributed by atoms with Crippen molar-refractivity contribution in [2.24, 2.45) is 0 Å². The Morgan fingerprint density at radius 2 is 1.80 bits per heavy atom. The maximum Gasteiger partial charge on any atom is 0.323 e. The van der Waals surface area contributed by atoms with E-state index in [1.54, 1.807) is 12.3 Å². The van der Waals surface area contributed by atoms with Gasteiger partial charge < -0.3 is 15.0 Å². The number of alkyl halides is 2. The number of hydrogen-bond acceptors (Lipinski definition) is 8. The van der Waals surface area contributed by atoms with E-state index in [4.69, 9.17) is 19.5 Å². The van der Waals surface area contributed by atoms with E-state index in [0.29, 0.717) is 16.9 Å². The number of fused-ring (bicyclic) bond motifs is 1. The van der Waals surface area contributed by atoms with Gasteiger partial charge in [-0.3, -0.25) is 9.78 Å². The van der Waals surface area contributed by atoms with E-state index < -0.39 is 26.3 Å². The Hall–Kier alpha value is -4.03. The largest absolute Gasteiger partial charge is 0.372 e. The zero-order valence-corrected chi connectivity index (χ0v) is 22.7. The molecule has 4 heterocycles. The van der Waals surface area contributed by atoms with Gasteiger partial charge >= 0.3 is 5.76 Å². The average Bonchev–Trinajstić information content (AvgIpc) is 2.95. The van der Waals surface area contributed by atoms with Crippen LogP contribution in [0.4, 0.5) is 14.6 Å². The number of halogens is 2. The number of rotatable bonds is 7. The molecule has 1 fully saturated rings. The number of carbonyl (C=O) groups is 1. The highest BCUT2D eigenvalue weighted by Gasteiger charge is 2.24. The van der Waals surface area contributed by atoms with Crippen LogP contribution in [0.25, 0.3) is 22.3 Å². The Morgan fingerprint density at radius 1 is 1.07 bits per heavy atom. The highest BCUT2D eigenvalue weighted by molar-refractivity contribution is 7.92. The minimum Gasteiger partial charge on any atom is -0.372 e. The summed E-state index contributed by atoms with van der Waals surface area (Å²) in [5, 5.41) is 3.50. The van der Waals surface area contributed by atoms with Gasteiger partial charge in [0.15, 0.2) is 0 Å². The van der Waals surface area contributed by atoms with Crippen LogP contribution in [0.15, 0.2) is 71.8 Å². The second-order valence-electron chi connectivity index (χ2n) is 9.68. The van der Waals surface area contributed by atoms with Gasteiger partial charge in [0.25, 0.3) is 5.91 Å². The molecule has 5 rings (SSSR count). The summed E-state index contributed by atoms with van der Waals surface area (Å²) in [4.78, 5) is 28.5. The lowest BCUT2D eigenvalue weighted by Crippen LogP contribution is -2.45. The molecule has 2 N–H and O–H groups in total. The van der Waals surface area contributed by atoms with Crippen LogP contribution in [-0.4, -0.2) is 56.1 Å². The number of carbonyl (C=O) groups excluding carboxylic acids is 1. The number of nitrogens with zero attached hydrogens (tertiary/aromatic N) is 4. The first-order chi connectivity index (χ1) is 19.1. The molecule has 3 atom stereocenters. The van der Waals surface area contributed by atoms with Crippen LogP contribution < -0.4 is 10.2 Å². The summed E-state index contributed by atoms with van der Waals surface area (Å²) in [5.74, 6) is -3.06. The van der Waals surface area contributed by atoms with Gasteiger partial charge in [0.2, 0.25) is 0 Å². The molecular formula is C28H28F2N6O3S. The van der Waals surface area contributed by atoms with Crippen molar-refractivity contribution in [1.82, 2.24) is 20.3 Å². The second-order valence-corrected chi connectivity index (χ2v) is 11.7. The maximum absolute atomic E-state index is 13.0. The molecule has 0 aliphatic carbocycles. The fraction of sp³-hybridized carbons (Fsp3) is 0.286. The Bertz CT molecular complexity index is 1660. The fourth-order valence-corrected chi connectivity index (χ4v) is 5.39. The van der Waals surface area contributed by atoms with Crippen LogP contribution in [0.2, 0.25) is 0 Å². The van der Waals surface area contributed by atoms with Crippen molar-refractivity contribution in [3.8, 4) is 11.4 Å². The number of pyridine rings is 3. The molecule has 40 heavy (non-hydrogen) atoms. The van der Waals surface area contributed by atoms with Crippen molar-refractivity contribution >= 4 is 32.4 Å². The highest BCUT2D eigenvalue weighted by Crippen LogP contribution is 2.24. The number of morpholine rings is 1. The SMILES string of the molecule is C[C@@H]1CN(c2cccc(-c3ccc4cnc(CNC(=O)c5cccc([S@@](=N)(=O)C(F)F)c5)cc4n3)n2)C[C@H](C)O1. The van der Waals surface area contributed by atoms with E-state index in [1.165, 1.54) is 12.1 Å². The summed E-state index contributed by atoms with van der Waals surface area (Å²) >= 11 is 0. The van der Waals surface area contributed by atoms with Crippen molar-refractivity contribution in [1.29, 1.82) is 4.78 Å². The van der Waals surface area contributed by atoms with E-state index >= 15 is 0 Å². The first-order valence-corrected chi connectivity index (χ1v) is 14.3. The lowest BCUT2D eigenvalue weighted by molar-refractivity contribution is -0.00545. The number of anilines is 1. The number of nitrogens with one attached hydrogen (secondary N) is 2. The number of aromatic nitrogens is 3. The molecular weight excluding hydrogens is 538 g/mol. The molecule has 4 aromatic rings. The standard InChI is InChI=1S/C28H28F2N6O3S/c1-17-15-36(16-18(2)39-17)26-8-4-7-23(35-26)24-10-9-20-13-32-21(12-25(20)34-24)14-33-27(37)19-5-3-6-22(11-19)40(31,38)28(29)30/h3-13,17-18,28,31H,14-16H2,1-2H3,(H,33,37)/t17-,18+,40-/m1/s1. The molecule has 9 nitrogen and oxygen atoms in total. The van der Waals surface area contributed by atoms with Gasteiger partial charge in [0, 0.05) is 30.2 Å². The van der Waals surface area contributed by atoms with E-state index in [9.17, 15) is 17.8 Å². The molecule has 1 saturated heterocycles. The van der Waals surface area contributed by atoms with Crippen molar-refractivity contribution in [3.05, 3.63) is 78.1 Å². The number of benzene rings is 1. The first-order valence-electron chi connectivity index (χ1n) is 12.7. The summed E-state index contributed by atoms with van der Waals surface area (Å²) in [5.41, 5.74) is 2.66. The van der Waals surface area contributed by atoms with Gasteiger partial charge in [-0.2, -0.15) is 8.78 Å². The third kappa shape index (κ3) is 5.92.